The van der Waals surface area contributed by atoms with Gasteiger partial charge in [-0.05, 0) is 80.6 Å². The first-order valence-electron chi connectivity index (χ1n) is 21.1. The molecule has 2 aromatic heterocycles. The number of pyridine rings is 1. The molecule has 2 aliphatic rings. The number of nitrogens with zero attached hydrogens (tertiary/aromatic N) is 4. The Labute approximate surface area is 358 Å². The van der Waals surface area contributed by atoms with Gasteiger partial charge in [0.15, 0.2) is 0 Å². The fourth-order valence-electron chi connectivity index (χ4n) is 9.53. The Morgan fingerprint density at radius 3 is 2.09 bits per heavy atom. The van der Waals surface area contributed by atoms with Gasteiger partial charge in [-0.15, -0.1) is 22.6 Å². The van der Waals surface area contributed by atoms with Gasteiger partial charge in [-0.3, -0.25) is 0 Å². The van der Waals surface area contributed by atoms with Crippen LogP contribution in [0.5, 0.6) is 0 Å². The molecule has 0 radical (unpaired) electrons. The second-order valence-electron chi connectivity index (χ2n) is 15.4. The van der Waals surface area contributed by atoms with Crippen molar-refractivity contribution in [3.63, 3.8) is 0 Å². The molecule has 58 heavy (non-hydrogen) atoms. The fraction of sp³-hybridized carbons (Fsp3) is 0.113. The molecule has 1 aliphatic carbocycles. The Balaban J connectivity index is 0.00000445. The Morgan fingerprint density at radius 2 is 1.31 bits per heavy atom. The van der Waals surface area contributed by atoms with Crippen molar-refractivity contribution in [2.45, 2.75) is 25.2 Å². The molecule has 3 heterocycles. The molecule has 11 rings (SSSR count). The van der Waals surface area contributed by atoms with Crippen LogP contribution in [0, 0.1) is 12.1 Å². The van der Waals surface area contributed by atoms with E-state index >= 15 is 0 Å². The molecule has 5 heteroatoms. The average molecular weight is 931 g/mol. The Kier molecular flexibility index (Phi) is 7.93. The normalized spacial score (nSPS) is 14.8. The van der Waals surface area contributed by atoms with Gasteiger partial charge >= 0.3 is 21.1 Å². The van der Waals surface area contributed by atoms with Gasteiger partial charge in [-0.2, -0.15) is 36.4 Å². The summed E-state index contributed by atoms with van der Waals surface area (Å²) in [5, 5.41) is 2.22. The number of para-hydroxylation sites is 3. The molecule has 0 N–H and O–H groups in total. The third-order valence-electron chi connectivity index (χ3n) is 12.0. The van der Waals surface area contributed by atoms with Crippen LogP contribution in [0.1, 0.15) is 51.7 Å². The Hall–Kier alpha value is -6.22. The first-order chi connectivity index (χ1) is 29.2. The van der Waals surface area contributed by atoms with E-state index in [1.165, 1.54) is 27.2 Å². The minimum atomic E-state index is -2.30. The van der Waals surface area contributed by atoms with E-state index in [1.54, 1.807) is 0 Å². The monoisotopic (exact) mass is 930 g/mol. The van der Waals surface area contributed by atoms with Crippen LogP contribution in [-0.2, 0) is 26.5 Å². The van der Waals surface area contributed by atoms with Crippen molar-refractivity contribution in [1.82, 2.24) is 9.55 Å². The number of hydrogen-bond acceptors (Lipinski definition) is 3. The second-order valence-corrected chi connectivity index (χ2v) is 15.4. The van der Waals surface area contributed by atoms with E-state index in [4.69, 9.17) is 9.10 Å². The molecular weight excluding hydrogens is 888 g/mol. The van der Waals surface area contributed by atoms with Crippen LogP contribution in [0.4, 0.5) is 17.1 Å². The summed E-state index contributed by atoms with van der Waals surface area (Å²) in [5.74, 6) is 1.19. The summed E-state index contributed by atoms with van der Waals surface area (Å²) in [4.78, 5) is 8.59. The quantitative estimate of drug-likeness (QED) is 0.155. The summed E-state index contributed by atoms with van der Waals surface area (Å²) in [7, 11) is 0. The van der Waals surface area contributed by atoms with Crippen molar-refractivity contribution in [2.75, 3.05) is 23.4 Å². The third kappa shape index (κ3) is 5.28. The van der Waals surface area contributed by atoms with Crippen molar-refractivity contribution < 1.29 is 25.2 Å². The van der Waals surface area contributed by atoms with Gasteiger partial charge < -0.3 is 14.4 Å². The van der Waals surface area contributed by atoms with Crippen molar-refractivity contribution in [1.29, 1.82) is 0 Å². The number of anilines is 3. The molecule has 7 aromatic carbocycles. The second kappa shape index (κ2) is 14.0. The molecular formula is C53H40N4Pt. The van der Waals surface area contributed by atoms with Gasteiger partial charge in [-0.25, -0.2) is 4.98 Å². The van der Waals surface area contributed by atoms with Crippen molar-refractivity contribution in [2.24, 2.45) is 0 Å². The number of aromatic nitrogens is 2. The minimum absolute atomic E-state index is 0. The van der Waals surface area contributed by atoms with Gasteiger partial charge in [0.2, 0.25) is 0 Å². The van der Waals surface area contributed by atoms with Crippen molar-refractivity contribution in [3.8, 4) is 28.1 Å². The van der Waals surface area contributed by atoms with Gasteiger partial charge in [-0.1, -0.05) is 128 Å². The first-order valence-corrected chi connectivity index (χ1v) is 19.6. The van der Waals surface area contributed by atoms with Crippen LogP contribution in [0.15, 0.2) is 170 Å². The summed E-state index contributed by atoms with van der Waals surface area (Å²) < 4.78 is 27.4. The summed E-state index contributed by atoms with van der Waals surface area (Å²) in [5.41, 5.74) is 13.7. The zero-order valence-electron chi connectivity index (χ0n) is 35.1. The van der Waals surface area contributed by atoms with Crippen molar-refractivity contribution in [3.05, 3.63) is 210 Å². The number of fused-ring (bicyclic) bond motifs is 7. The molecule has 0 amide bonds. The summed E-state index contributed by atoms with van der Waals surface area (Å²) >= 11 is 0. The SMILES string of the molecule is [2H]C([2H])([2H])N1CN(c2[c-]c(C3(c4[c-]c5c(cc4)c4ccccc4n5-c4cc(-c5ccccc5C(C)C)ccn4)c4ccccc4-c4ccccc43)ccc2)c2ccccc21.[Pt+2]. The summed E-state index contributed by atoms with van der Waals surface area (Å²) in [6.45, 7) is 2.36. The fourth-order valence-corrected chi connectivity index (χ4v) is 9.53. The van der Waals surface area contributed by atoms with E-state index in [2.05, 4.69) is 169 Å². The van der Waals surface area contributed by atoms with Crippen LogP contribution >= 0.6 is 0 Å². The molecule has 0 bridgehead atoms. The topological polar surface area (TPSA) is 24.3 Å². The zero-order chi connectivity index (χ0) is 40.8. The Morgan fingerprint density at radius 1 is 0.638 bits per heavy atom. The van der Waals surface area contributed by atoms with E-state index in [-0.39, 0.29) is 27.7 Å². The van der Waals surface area contributed by atoms with Crippen LogP contribution < -0.4 is 9.80 Å². The molecule has 0 unspecified atom stereocenters. The zero-order valence-corrected chi connectivity index (χ0v) is 34.3. The van der Waals surface area contributed by atoms with Gasteiger partial charge in [0, 0.05) is 28.2 Å². The Bertz CT molecular complexity index is 3100. The molecule has 0 spiro atoms. The van der Waals surface area contributed by atoms with Crippen LogP contribution in [0.2, 0.25) is 0 Å². The first kappa shape index (κ1) is 32.8. The molecule has 1 aliphatic heterocycles. The van der Waals surface area contributed by atoms with Crippen LogP contribution in [0.3, 0.4) is 0 Å². The molecule has 0 saturated heterocycles. The maximum Gasteiger partial charge on any atom is 2.00 e. The predicted octanol–water partition coefficient (Wildman–Crippen LogP) is 12.5. The largest absolute Gasteiger partial charge is 2.00 e. The molecule has 0 atom stereocenters. The van der Waals surface area contributed by atoms with E-state index in [9.17, 15) is 0 Å². The molecule has 4 nitrogen and oxygen atoms in total. The van der Waals surface area contributed by atoms with Crippen molar-refractivity contribution >= 4 is 38.9 Å². The standard InChI is InChI=1S/C53H40N4.Pt/c1-35(2)40-17-4-5-18-41(40)36-29-30-54-52(31-36)57-48-24-11-8-21-44(48)45-28-27-38(33-51(45)57)53(46-22-9-6-19-42(46)43-20-7-10-23-47(43)53)37-15-14-16-39(32-37)56-34-55(3)49-25-12-13-26-50(49)56;/h4-31,35H,34H2,1-3H3;/q-2;+2/i3D3;. The number of benzene rings is 7. The molecule has 9 aromatic rings. The third-order valence-corrected chi connectivity index (χ3v) is 12.0. The number of rotatable bonds is 6. The predicted molar refractivity (Wildman–Crippen MR) is 235 cm³/mol. The van der Waals surface area contributed by atoms with Gasteiger partial charge in [0.1, 0.15) is 5.82 Å². The van der Waals surface area contributed by atoms with E-state index < -0.39 is 12.4 Å². The molecule has 0 fully saturated rings. The molecule has 0 saturated carbocycles. The van der Waals surface area contributed by atoms with E-state index in [0.29, 0.717) is 11.6 Å². The molecule has 282 valence electrons. The van der Waals surface area contributed by atoms with Crippen LogP contribution in [0.25, 0.3) is 49.9 Å². The minimum Gasteiger partial charge on any atom is -0.355 e. The maximum absolute atomic E-state index is 8.38. The van der Waals surface area contributed by atoms with E-state index in [1.807, 2.05) is 36.5 Å². The van der Waals surface area contributed by atoms with Gasteiger partial charge in [0.25, 0.3) is 0 Å². The average Bonchev–Trinajstić information content (AvgIpc) is 3.94. The van der Waals surface area contributed by atoms with Crippen LogP contribution in [-0.4, -0.2) is 23.2 Å². The summed E-state index contributed by atoms with van der Waals surface area (Å²) in [6.07, 6.45) is 1.92. The summed E-state index contributed by atoms with van der Waals surface area (Å²) in [6, 6.07) is 65.3. The smallest absolute Gasteiger partial charge is 0.355 e. The number of hydrogen-bond donors (Lipinski definition) is 0. The maximum atomic E-state index is 8.38. The van der Waals surface area contributed by atoms with Gasteiger partial charge in [0.05, 0.1) is 18.0 Å². The van der Waals surface area contributed by atoms with E-state index in [0.717, 1.165) is 66.8 Å².